The second-order valence-corrected chi connectivity index (χ2v) is 7.20. The van der Waals surface area contributed by atoms with Gasteiger partial charge in [0, 0.05) is 18.1 Å². The maximum Gasteiger partial charge on any atom is 0.337 e. The number of halogens is 1. The Labute approximate surface area is 116 Å². The average molecular weight is 304 g/mol. The van der Waals surface area contributed by atoms with Crippen LogP contribution >= 0.6 is 11.6 Å². The molecule has 1 fully saturated rings. The molecule has 2 rings (SSSR count). The highest BCUT2D eigenvalue weighted by Gasteiger charge is 2.22. The van der Waals surface area contributed by atoms with E-state index in [0.717, 1.165) is 0 Å². The highest BCUT2D eigenvalue weighted by atomic mass is 35.5. The van der Waals surface area contributed by atoms with Crippen LogP contribution in [-0.4, -0.2) is 44.1 Å². The van der Waals surface area contributed by atoms with E-state index in [-0.39, 0.29) is 17.1 Å². The summed E-state index contributed by atoms with van der Waals surface area (Å²) in [7, 11) is -3.02. The highest BCUT2D eigenvalue weighted by molar-refractivity contribution is 7.91. The van der Waals surface area contributed by atoms with Crippen molar-refractivity contribution in [1.82, 2.24) is 0 Å². The van der Waals surface area contributed by atoms with Gasteiger partial charge in [-0.05, 0) is 24.6 Å². The molecule has 0 bridgehead atoms. The van der Waals surface area contributed by atoms with Crippen molar-refractivity contribution in [3.63, 3.8) is 0 Å². The van der Waals surface area contributed by atoms with Gasteiger partial charge in [0.1, 0.15) is 0 Å². The SMILES string of the molecule is O=C(O)c1cc(Cl)ccc1N1CCCS(=O)(=O)CC1. The number of hydrogen-bond donors (Lipinski definition) is 1. The molecule has 1 aromatic rings. The monoisotopic (exact) mass is 303 g/mol. The zero-order valence-electron chi connectivity index (χ0n) is 10.2. The Morgan fingerprint density at radius 1 is 1.26 bits per heavy atom. The molecule has 1 N–H and O–H groups in total. The van der Waals surface area contributed by atoms with Gasteiger partial charge < -0.3 is 10.0 Å². The number of aromatic carboxylic acids is 1. The first-order valence-corrected chi connectivity index (χ1v) is 8.07. The predicted octanol–water partition coefficient (Wildman–Crippen LogP) is 1.66. The van der Waals surface area contributed by atoms with Crippen LogP contribution in [0.1, 0.15) is 16.8 Å². The van der Waals surface area contributed by atoms with Crippen LogP contribution in [0.15, 0.2) is 18.2 Å². The topological polar surface area (TPSA) is 74.7 Å². The lowest BCUT2D eigenvalue weighted by molar-refractivity contribution is 0.0697. The van der Waals surface area contributed by atoms with E-state index >= 15 is 0 Å². The molecule has 0 spiro atoms. The number of anilines is 1. The molecule has 104 valence electrons. The molecular formula is C12H14ClNO4S. The minimum atomic E-state index is -3.02. The van der Waals surface area contributed by atoms with E-state index < -0.39 is 15.8 Å². The molecule has 0 atom stereocenters. The molecule has 0 saturated carbocycles. The van der Waals surface area contributed by atoms with Crippen LogP contribution in [0.2, 0.25) is 5.02 Å². The minimum absolute atomic E-state index is 0.0503. The van der Waals surface area contributed by atoms with Crippen LogP contribution in [0.5, 0.6) is 0 Å². The quantitative estimate of drug-likeness (QED) is 0.899. The van der Waals surface area contributed by atoms with Gasteiger partial charge in [-0.1, -0.05) is 11.6 Å². The Hall–Kier alpha value is -1.27. The molecule has 0 aromatic heterocycles. The van der Waals surface area contributed by atoms with Crippen molar-refractivity contribution >= 4 is 33.1 Å². The number of nitrogens with zero attached hydrogens (tertiary/aromatic N) is 1. The molecule has 1 aromatic carbocycles. The van der Waals surface area contributed by atoms with Crippen molar-refractivity contribution in [3.8, 4) is 0 Å². The number of benzene rings is 1. The lowest BCUT2D eigenvalue weighted by Gasteiger charge is -2.23. The summed E-state index contributed by atoms with van der Waals surface area (Å²) in [6, 6.07) is 4.63. The summed E-state index contributed by atoms with van der Waals surface area (Å²) in [5.41, 5.74) is 0.626. The average Bonchev–Trinajstić information content (AvgIpc) is 2.50. The summed E-state index contributed by atoms with van der Waals surface area (Å²) < 4.78 is 23.1. The van der Waals surface area contributed by atoms with E-state index in [1.54, 1.807) is 17.0 Å². The van der Waals surface area contributed by atoms with E-state index in [1.807, 2.05) is 0 Å². The summed E-state index contributed by atoms with van der Waals surface area (Å²) in [5, 5.41) is 9.54. The molecule has 19 heavy (non-hydrogen) atoms. The Kier molecular flexibility index (Phi) is 4.01. The molecule has 1 aliphatic rings. The van der Waals surface area contributed by atoms with E-state index in [4.69, 9.17) is 11.6 Å². The molecule has 0 radical (unpaired) electrons. The number of carboxylic acids is 1. The minimum Gasteiger partial charge on any atom is -0.478 e. The van der Waals surface area contributed by atoms with Crippen molar-refractivity contribution < 1.29 is 18.3 Å². The zero-order valence-corrected chi connectivity index (χ0v) is 11.7. The Bertz CT molecular complexity index is 600. The summed E-state index contributed by atoms with van der Waals surface area (Å²) >= 11 is 5.80. The van der Waals surface area contributed by atoms with Gasteiger partial charge in [0.25, 0.3) is 0 Å². The van der Waals surface area contributed by atoms with Crippen LogP contribution in [0, 0.1) is 0 Å². The second kappa shape index (κ2) is 5.38. The molecule has 1 heterocycles. The number of hydrogen-bond acceptors (Lipinski definition) is 4. The molecular weight excluding hydrogens is 290 g/mol. The number of sulfone groups is 1. The fraction of sp³-hybridized carbons (Fsp3) is 0.417. The predicted molar refractivity (Wildman–Crippen MR) is 73.9 cm³/mol. The number of carbonyl (C=O) groups is 1. The first kappa shape index (κ1) is 14.1. The van der Waals surface area contributed by atoms with Crippen molar-refractivity contribution in [1.29, 1.82) is 0 Å². The van der Waals surface area contributed by atoms with Gasteiger partial charge in [-0.3, -0.25) is 0 Å². The molecule has 0 amide bonds. The van der Waals surface area contributed by atoms with E-state index in [9.17, 15) is 18.3 Å². The maximum atomic E-state index is 11.6. The molecule has 1 saturated heterocycles. The van der Waals surface area contributed by atoms with Crippen LogP contribution in [0.25, 0.3) is 0 Å². The van der Waals surface area contributed by atoms with Gasteiger partial charge in [0.15, 0.2) is 9.84 Å². The smallest absolute Gasteiger partial charge is 0.337 e. The van der Waals surface area contributed by atoms with Gasteiger partial charge in [0.05, 0.1) is 22.8 Å². The van der Waals surface area contributed by atoms with Gasteiger partial charge in [0.2, 0.25) is 0 Å². The third-order valence-electron chi connectivity index (χ3n) is 3.09. The van der Waals surface area contributed by atoms with Crippen LogP contribution in [0.3, 0.4) is 0 Å². The fourth-order valence-electron chi connectivity index (χ4n) is 2.13. The van der Waals surface area contributed by atoms with Crippen molar-refractivity contribution in [3.05, 3.63) is 28.8 Å². The Morgan fingerprint density at radius 3 is 2.68 bits per heavy atom. The standard InChI is InChI=1S/C12H14ClNO4S/c13-9-2-3-11(10(8-9)12(15)16)14-4-1-6-19(17,18)7-5-14/h2-3,8H,1,4-7H2,(H,15,16). The largest absolute Gasteiger partial charge is 0.478 e. The normalized spacial score (nSPS) is 18.9. The second-order valence-electron chi connectivity index (χ2n) is 4.46. The highest BCUT2D eigenvalue weighted by Crippen LogP contribution is 2.25. The fourth-order valence-corrected chi connectivity index (χ4v) is 3.58. The first-order chi connectivity index (χ1) is 8.89. The Morgan fingerprint density at radius 2 is 2.00 bits per heavy atom. The van der Waals surface area contributed by atoms with Crippen LogP contribution < -0.4 is 4.90 Å². The molecule has 0 aliphatic carbocycles. The summed E-state index contributed by atoms with van der Waals surface area (Å²) in [5.74, 6) is -0.863. The van der Waals surface area contributed by atoms with Gasteiger partial charge in [-0.2, -0.15) is 0 Å². The molecule has 0 unspecified atom stereocenters. The van der Waals surface area contributed by atoms with Crippen molar-refractivity contribution in [2.45, 2.75) is 6.42 Å². The van der Waals surface area contributed by atoms with Gasteiger partial charge in [-0.25, -0.2) is 13.2 Å². The van der Waals surface area contributed by atoms with Gasteiger partial charge >= 0.3 is 5.97 Å². The lowest BCUT2D eigenvalue weighted by Crippen LogP contribution is -2.28. The maximum absolute atomic E-state index is 11.6. The molecule has 1 aliphatic heterocycles. The van der Waals surface area contributed by atoms with Crippen LogP contribution in [0.4, 0.5) is 5.69 Å². The summed E-state index contributed by atoms with van der Waals surface area (Å²) in [4.78, 5) is 13.0. The lowest BCUT2D eigenvalue weighted by atomic mass is 10.1. The third-order valence-corrected chi connectivity index (χ3v) is 5.04. The molecule has 7 heteroatoms. The van der Waals surface area contributed by atoms with Gasteiger partial charge in [-0.15, -0.1) is 0 Å². The number of carboxylic acid groups (broad SMARTS) is 1. The van der Waals surface area contributed by atoms with E-state index in [1.165, 1.54) is 6.07 Å². The summed E-state index contributed by atoms with van der Waals surface area (Å²) in [6.07, 6.45) is 0.504. The molecule has 5 nitrogen and oxygen atoms in total. The van der Waals surface area contributed by atoms with E-state index in [0.29, 0.717) is 30.2 Å². The first-order valence-electron chi connectivity index (χ1n) is 5.87. The Balaban J connectivity index is 2.34. The third kappa shape index (κ3) is 3.39. The van der Waals surface area contributed by atoms with Crippen molar-refractivity contribution in [2.24, 2.45) is 0 Å². The van der Waals surface area contributed by atoms with Crippen LogP contribution in [-0.2, 0) is 9.84 Å². The number of rotatable bonds is 2. The summed E-state index contributed by atoms with van der Waals surface area (Å²) in [6.45, 7) is 0.839. The zero-order chi connectivity index (χ0) is 14.0. The van der Waals surface area contributed by atoms with Crippen molar-refractivity contribution in [2.75, 3.05) is 29.5 Å². The van der Waals surface area contributed by atoms with E-state index in [2.05, 4.69) is 0 Å².